The van der Waals surface area contributed by atoms with Gasteiger partial charge in [-0.25, -0.2) is 4.79 Å². The van der Waals surface area contributed by atoms with Crippen LogP contribution in [0.5, 0.6) is 11.5 Å². The van der Waals surface area contributed by atoms with E-state index in [-0.39, 0.29) is 22.0 Å². The van der Waals surface area contributed by atoms with E-state index in [4.69, 9.17) is 22.1 Å². The monoisotopic (exact) mass is 355 g/mol. The highest BCUT2D eigenvalue weighted by molar-refractivity contribution is 9.10. The first kappa shape index (κ1) is 14.7. The Morgan fingerprint density at radius 1 is 1.35 bits per heavy atom. The van der Waals surface area contributed by atoms with Gasteiger partial charge in [0.15, 0.2) is 5.75 Å². The first-order valence-corrected chi connectivity index (χ1v) is 6.82. The lowest BCUT2D eigenvalue weighted by Crippen LogP contribution is -2.03. The van der Waals surface area contributed by atoms with E-state index in [1.807, 2.05) is 13.0 Å². The van der Waals surface area contributed by atoms with Crippen molar-refractivity contribution < 1.29 is 14.6 Å². The van der Waals surface area contributed by atoms with E-state index in [1.165, 1.54) is 12.1 Å². The van der Waals surface area contributed by atoms with Gasteiger partial charge in [0.25, 0.3) is 0 Å². The third-order valence-corrected chi connectivity index (χ3v) is 3.42. The van der Waals surface area contributed by atoms with E-state index < -0.39 is 5.97 Å². The molecule has 3 N–H and O–H groups in total. The molecule has 2 aromatic carbocycles. The van der Waals surface area contributed by atoms with Crippen molar-refractivity contribution in [3.63, 3.8) is 0 Å². The maximum absolute atomic E-state index is 11.3. The number of hydrogen-bond acceptors (Lipinski definition) is 3. The molecule has 0 atom stereocenters. The Labute approximate surface area is 129 Å². The van der Waals surface area contributed by atoms with Crippen LogP contribution in [0.4, 0.5) is 5.69 Å². The molecule has 0 radical (unpaired) electrons. The fourth-order valence-electron chi connectivity index (χ4n) is 1.71. The second kappa shape index (κ2) is 5.73. The van der Waals surface area contributed by atoms with Crippen LogP contribution in [0, 0.1) is 6.92 Å². The number of aryl methyl sites for hydroxylation is 1. The van der Waals surface area contributed by atoms with Crippen molar-refractivity contribution in [2.75, 3.05) is 5.73 Å². The number of carboxylic acids is 1. The van der Waals surface area contributed by atoms with Crippen LogP contribution in [0.1, 0.15) is 15.9 Å². The van der Waals surface area contributed by atoms with Crippen molar-refractivity contribution in [1.82, 2.24) is 0 Å². The highest BCUT2D eigenvalue weighted by Gasteiger charge is 2.17. The molecule has 20 heavy (non-hydrogen) atoms. The van der Waals surface area contributed by atoms with E-state index >= 15 is 0 Å². The van der Waals surface area contributed by atoms with Crippen molar-refractivity contribution in [1.29, 1.82) is 0 Å². The SMILES string of the molecule is Cc1cc(Br)ccc1Oc1c(Cl)cc(N)cc1C(=O)O. The summed E-state index contributed by atoms with van der Waals surface area (Å²) in [6, 6.07) is 8.17. The summed E-state index contributed by atoms with van der Waals surface area (Å²) < 4.78 is 6.56. The van der Waals surface area contributed by atoms with Crippen molar-refractivity contribution in [2.45, 2.75) is 6.92 Å². The third kappa shape index (κ3) is 3.05. The standard InChI is InChI=1S/C14H11BrClNO3/c1-7-4-8(15)2-3-12(7)20-13-10(14(18)19)5-9(17)6-11(13)16/h2-6H,17H2,1H3,(H,18,19). The van der Waals surface area contributed by atoms with Crippen LogP contribution in [0.15, 0.2) is 34.8 Å². The summed E-state index contributed by atoms with van der Waals surface area (Å²) >= 11 is 9.39. The summed E-state index contributed by atoms with van der Waals surface area (Å²) in [6.07, 6.45) is 0. The van der Waals surface area contributed by atoms with E-state index in [1.54, 1.807) is 12.1 Å². The molecule has 0 aliphatic carbocycles. The summed E-state index contributed by atoms with van der Waals surface area (Å²) in [7, 11) is 0. The van der Waals surface area contributed by atoms with E-state index in [9.17, 15) is 9.90 Å². The predicted octanol–water partition coefficient (Wildman–Crippen LogP) is 4.48. The zero-order valence-electron chi connectivity index (χ0n) is 10.5. The normalized spacial score (nSPS) is 10.3. The molecule has 0 saturated carbocycles. The van der Waals surface area contributed by atoms with E-state index in [0.29, 0.717) is 5.75 Å². The highest BCUT2D eigenvalue weighted by Crippen LogP contribution is 2.36. The number of benzene rings is 2. The van der Waals surface area contributed by atoms with Gasteiger partial charge in [-0.2, -0.15) is 0 Å². The second-order valence-electron chi connectivity index (χ2n) is 4.20. The van der Waals surface area contributed by atoms with Crippen LogP contribution >= 0.6 is 27.5 Å². The molecule has 0 aliphatic rings. The molecule has 6 heteroatoms. The summed E-state index contributed by atoms with van der Waals surface area (Å²) in [4.78, 5) is 11.3. The number of nitrogens with two attached hydrogens (primary N) is 1. The molecule has 0 bridgehead atoms. The van der Waals surface area contributed by atoms with Crippen LogP contribution in [0.25, 0.3) is 0 Å². The predicted molar refractivity (Wildman–Crippen MR) is 81.8 cm³/mol. The van der Waals surface area contributed by atoms with Gasteiger partial charge in [-0.1, -0.05) is 27.5 Å². The molecule has 2 rings (SSSR count). The minimum absolute atomic E-state index is 0.0719. The van der Waals surface area contributed by atoms with Gasteiger partial charge >= 0.3 is 5.97 Å². The molecule has 0 spiro atoms. The summed E-state index contributed by atoms with van der Waals surface area (Å²) in [5, 5.41) is 9.36. The largest absolute Gasteiger partial charge is 0.478 e. The average Bonchev–Trinajstić information content (AvgIpc) is 2.34. The Bertz CT molecular complexity index is 688. The number of carbonyl (C=O) groups is 1. The van der Waals surface area contributed by atoms with Crippen LogP contribution < -0.4 is 10.5 Å². The van der Waals surface area contributed by atoms with Gasteiger partial charge in [0.05, 0.1) is 5.02 Å². The van der Waals surface area contributed by atoms with Gasteiger partial charge in [-0.05, 0) is 42.8 Å². The maximum Gasteiger partial charge on any atom is 0.339 e. The van der Waals surface area contributed by atoms with Gasteiger partial charge in [-0.3, -0.25) is 0 Å². The van der Waals surface area contributed by atoms with Crippen LogP contribution in [0.2, 0.25) is 5.02 Å². The van der Waals surface area contributed by atoms with Gasteiger partial charge in [0.2, 0.25) is 0 Å². The molecule has 0 fully saturated rings. The van der Waals surface area contributed by atoms with Gasteiger partial charge in [-0.15, -0.1) is 0 Å². The number of hydrogen-bond donors (Lipinski definition) is 2. The molecule has 0 saturated heterocycles. The van der Waals surface area contributed by atoms with Gasteiger partial charge < -0.3 is 15.6 Å². The first-order chi connectivity index (χ1) is 9.38. The summed E-state index contributed by atoms with van der Waals surface area (Å²) in [5.74, 6) is -0.537. The Morgan fingerprint density at radius 2 is 2.05 bits per heavy atom. The molecule has 0 heterocycles. The molecular weight excluding hydrogens is 346 g/mol. The number of aromatic carboxylic acids is 1. The second-order valence-corrected chi connectivity index (χ2v) is 5.52. The number of carboxylic acid groups (broad SMARTS) is 1. The topological polar surface area (TPSA) is 72.5 Å². The van der Waals surface area contributed by atoms with E-state index in [2.05, 4.69) is 15.9 Å². The summed E-state index contributed by atoms with van der Waals surface area (Å²) in [5.41, 5.74) is 6.65. The van der Waals surface area contributed by atoms with Crippen LogP contribution in [-0.4, -0.2) is 11.1 Å². The highest BCUT2D eigenvalue weighted by atomic mass is 79.9. The van der Waals surface area contributed by atoms with Crippen molar-refractivity contribution in [2.24, 2.45) is 0 Å². The van der Waals surface area contributed by atoms with Crippen molar-refractivity contribution in [3.05, 3.63) is 51.0 Å². The average molecular weight is 357 g/mol. The number of anilines is 1. The molecule has 0 aromatic heterocycles. The lowest BCUT2D eigenvalue weighted by Gasteiger charge is -2.13. The smallest absolute Gasteiger partial charge is 0.339 e. The Kier molecular flexibility index (Phi) is 4.20. The summed E-state index contributed by atoms with van der Waals surface area (Å²) in [6.45, 7) is 1.85. The number of rotatable bonds is 3. The van der Waals surface area contributed by atoms with E-state index in [0.717, 1.165) is 10.0 Å². The van der Waals surface area contributed by atoms with Crippen LogP contribution in [-0.2, 0) is 0 Å². The molecule has 0 unspecified atom stereocenters. The Balaban J connectivity index is 2.50. The number of nitrogen functional groups attached to an aromatic ring is 1. The fraction of sp³-hybridized carbons (Fsp3) is 0.0714. The third-order valence-electron chi connectivity index (χ3n) is 2.65. The molecule has 4 nitrogen and oxygen atoms in total. The zero-order valence-corrected chi connectivity index (χ0v) is 12.8. The fourth-order valence-corrected chi connectivity index (χ4v) is 2.46. The molecule has 0 aliphatic heterocycles. The number of halogens is 2. The molecule has 2 aromatic rings. The van der Waals surface area contributed by atoms with Gasteiger partial charge in [0, 0.05) is 10.2 Å². The first-order valence-electron chi connectivity index (χ1n) is 5.65. The maximum atomic E-state index is 11.3. The van der Waals surface area contributed by atoms with Crippen LogP contribution in [0.3, 0.4) is 0 Å². The van der Waals surface area contributed by atoms with Crippen molar-refractivity contribution >= 4 is 39.2 Å². The molecular formula is C14H11BrClNO3. The Hall–Kier alpha value is -1.72. The van der Waals surface area contributed by atoms with Gasteiger partial charge in [0.1, 0.15) is 11.3 Å². The lowest BCUT2D eigenvalue weighted by molar-refractivity contribution is 0.0694. The van der Waals surface area contributed by atoms with Crippen molar-refractivity contribution in [3.8, 4) is 11.5 Å². The minimum atomic E-state index is -1.15. The quantitative estimate of drug-likeness (QED) is 0.795. The zero-order chi connectivity index (χ0) is 14.9. The minimum Gasteiger partial charge on any atom is -0.478 e. The molecule has 104 valence electrons. The lowest BCUT2D eigenvalue weighted by atomic mass is 10.1. The number of ether oxygens (including phenoxy) is 1. The Morgan fingerprint density at radius 3 is 2.65 bits per heavy atom. The molecule has 0 amide bonds.